The van der Waals surface area contributed by atoms with Crippen molar-refractivity contribution >= 4 is 23.2 Å². The van der Waals surface area contributed by atoms with Crippen molar-refractivity contribution in [1.29, 1.82) is 0 Å². The summed E-state index contributed by atoms with van der Waals surface area (Å²) in [5, 5.41) is 14.4. The maximum absolute atomic E-state index is 12.5. The Bertz CT molecular complexity index is 498. The summed E-state index contributed by atoms with van der Waals surface area (Å²) in [6.07, 6.45) is 1.26. The van der Waals surface area contributed by atoms with E-state index in [-0.39, 0.29) is 17.9 Å². The van der Waals surface area contributed by atoms with Gasteiger partial charge in [-0.3, -0.25) is 9.59 Å². The van der Waals surface area contributed by atoms with Crippen LogP contribution in [0.4, 0.5) is 0 Å². The van der Waals surface area contributed by atoms with Crippen molar-refractivity contribution < 1.29 is 14.7 Å². The standard InChI is InChI=1S/C16H23NO3S/c1-9(2)14(13-5-4-6-21-13)17-15(18)11-7-10(3)8-12(11)16(19)20/h4-6,9-12,14H,7-8H2,1-3H3,(H,17,18)(H,19,20). The lowest BCUT2D eigenvalue weighted by Crippen LogP contribution is -2.38. The fraction of sp³-hybridized carbons (Fsp3) is 0.625. The second-order valence-electron chi connectivity index (χ2n) is 6.37. The summed E-state index contributed by atoms with van der Waals surface area (Å²) in [5.74, 6) is -1.35. The summed E-state index contributed by atoms with van der Waals surface area (Å²) in [7, 11) is 0. The number of rotatable bonds is 5. The van der Waals surface area contributed by atoms with E-state index in [1.54, 1.807) is 11.3 Å². The third-order valence-electron chi connectivity index (χ3n) is 4.27. The summed E-state index contributed by atoms with van der Waals surface area (Å²) in [5.41, 5.74) is 0. The van der Waals surface area contributed by atoms with E-state index < -0.39 is 17.8 Å². The first kappa shape index (κ1) is 16.0. The predicted octanol–water partition coefficient (Wildman–Crippen LogP) is 3.31. The molecule has 1 amide bonds. The van der Waals surface area contributed by atoms with Gasteiger partial charge in [0.2, 0.25) is 5.91 Å². The van der Waals surface area contributed by atoms with Crippen molar-refractivity contribution in [1.82, 2.24) is 5.32 Å². The summed E-state index contributed by atoms with van der Waals surface area (Å²) in [6.45, 7) is 6.15. The molecule has 0 saturated heterocycles. The van der Waals surface area contributed by atoms with Crippen LogP contribution in [-0.4, -0.2) is 17.0 Å². The quantitative estimate of drug-likeness (QED) is 0.877. The Morgan fingerprint density at radius 3 is 2.52 bits per heavy atom. The van der Waals surface area contributed by atoms with Crippen LogP contribution in [0, 0.1) is 23.7 Å². The van der Waals surface area contributed by atoms with Gasteiger partial charge < -0.3 is 10.4 Å². The number of hydrogen-bond acceptors (Lipinski definition) is 3. The fourth-order valence-corrected chi connectivity index (χ4v) is 4.10. The van der Waals surface area contributed by atoms with E-state index >= 15 is 0 Å². The maximum atomic E-state index is 12.5. The van der Waals surface area contributed by atoms with E-state index in [1.807, 2.05) is 24.4 Å². The molecule has 0 spiro atoms. The molecule has 0 aromatic carbocycles. The van der Waals surface area contributed by atoms with Crippen LogP contribution in [0.5, 0.6) is 0 Å². The van der Waals surface area contributed by atoms with E-state index in [1.165, 1.54) is 0 Å². The van der Waals surface area contributed by atoms with Crippen molar-refractivity contribution in [2.45, 2.75) is 39.7 Å². The summed E-state index contributed by atoms with van der Waals surface area (Å²) in [6, 6.07) is 3.95. The molecule has 4 nitrogen and oxygen atoms in total. The number of aliphatic carboxylic acids is 1. The Labute approximate surface area is 129 Å². The molecule has 1 saturated carbocycles. The number of nitrogens with one attached hydrogen (secondary N) is 1. The third kappa shape index (κ3) is 3.64. The monoisotopic (exact) mass is 309 g/mol. The predicted molar refractivity (Wildman–Crippen MR) is 83.1 cm³/mol. The maximum Gasteiger partial charge on any atom is 0.307 e. The zero-order valence-electron chi connectivity index (χ0n) is 12.7. The Hall–Kier alpha value is -1.36. The topological polar surface area (TPSA) is 66.4 Å². The molecule has 0 bridgehead atoms. The van der Waals surface area contributed by atoms with Gasteiger partial charge in [0.1, 0.15) is 0 Å². The van der Waals surface area contributed by atoms with Crippen LogP contribution in [0.1, 0.15) is 44.5 Å². The lowest BCUT2D eigenvalue weighted by atomic mass is 9.94. The van der Waals surface area contributed by atoms with Gasteiger partial charge >= 0.3 is 5.97 Å². The first-order valence-corrected chi connectivity index (χ1v) is 8.34. The van der Waals surface area contributed by atoms with Crippen LogP contribution in [0.2, 0.25) is 0 Å². The molecule has 1 aliphatic carbocycles. The lowest BCUT2D eigenvalue weighted by molar-refractivity contribution is -0.146. The Kier molecular flexibility index (Phi) is 5.04. The van der Waals surface area contributed by atoms with E-state index in [0.717, 1.165) is 4.88 Å². The Morgan fingerprint density at radius 1 is 1.33 bits per heavy atom. The minimum atomic E-state index is -0.850. The average molecular weight is 309 g/mol. The van der Waals surface area contributed by atoms with Crippen molar-refractivity contribution in [2.24, 2.45) is 23.7 Å². The molecule has 0 radical (unpaired) electrons. The second kappa shape index (κ2) is 6.60. The molecule has 2 rings (SSSR count). The van der Waals surface area contributed by atoms with E-state index in [4.69, 9.17) is 0 Å². The molecular formula is C16H23NO3S. The van der Waals surface area contributed by atoms with Gasteiger partial charge in [-0.25, -0.2) is 0 Å². The normalized spacial score (nSPS) is 26.8. The zero-order valence-corrected chi connectivity index (χ0v) is 13.5. The van der Waals surface area contributed by atoms with Crippen LogP contribution >= 0.6 is 11.3 Å². The number of carbonyl (C=O) groups excluding carboxylic acids is 1. The number of carbonyl (C=O) groups is 2. The van der Waals surface area contributed by atoms with Crippen molar-refractivity contribution in [3.8, 4) is 0 Å². The second-order valence-corrected chi connectivity index (χ2v) is 7.35. The molecule has 1 aromatic heterocycles. The fourth-order valence-electron chi connectivity index (χ4n) is 3.15. The molecule has 1 aliphatic rings. The summed E-state index contributed by atoms with van der Waals surface area (Å²) >= 11 is 1.62. The van der Waals surface area contributed by atoms with Gasteiger partial charge in [0.25, 0.3) is 0 Å². The minimum absolute atomic E-state index is 0.0390. The Morgan fingerprint density at radius 2 is 2.00 bits per heavy atom. The van der Waals surface area contributed by atoms with Crippen LogP contribution in [-0.2, 0) is 9.59 Å². The molecule has 1 fully saturated rings. The molecule has 5 heteroatoms. The first-order valence-electron chi connectivity index (χ1n) is 7.46. The van der Waals surface area contributed by atoms with E-state index in [9.17, 15) is 14.7 Å². The smallest absolute Gasteiger partial charge is 0.307 e. The molecule has 116 valence electrons. The molecular weight excluding hydrogens is 286 g/mol. The molecule has 4 atom stereocenters. The summed E-state index contributed by atoms with van der Waals surface area (Å²) in [4.78, 5) is 25.0. The largest absolute Gasteiger partial charge is 0.481 e. The van der Waals surface area contributed by atoms with Crippen LogP contribution in [0.3, 0.4) is 0 Å². The average Bonchev–Trinajstić information content (AvgIpc) is 3.04. The highest BCUT2D eigenvalue weighted by molar-refractivity contribution is 7.10. The van der Waals surface area contributed by atoms with Crippen molar-refractivity contribution in [3.05, 3.63) is 22.4 Å². The van der Waals surface area contributed by atoms with Crippen LogP contribution in [0.15, 0.2) is 17.5 Å². The highest BCUT2D eigenvalue weighted by Crippen LogP contribution is 2.37. The van der Waals surface area contributed by atoms with Gasteiger partial charge in [0.05, 0.1) is 17.9 Å². The SMILES string of the molecule is CC1CC(C(=O)O)C(C(=O)NC(c2cccs2)C(C)C)C1. The molecule has 21 heavy (non-hydrogen) atoms. The minimum Gasteiger partial charge on any atom is -0.481 e. The highest BCUT2D eigenvalue weighted by Gasteiger charge is 2.41. The summed E-state index contributed by atoms with van der Waals surface area (Å²) < 4.78 is 0. The van der Waals surface area contributed by atoms with Crippen molar-refractivity contribution in [3.63, 3.8) is 0 Å². The van der Waals surface area contributed by atoms with Crippen molar-refractivity contribution in [2.75, 3.05) is 0 Å². The van der Waals surface area contributed by atoms with Crippen LogP contribution < -0.4 is 5.32 Å². The van der Waals surface area contributed by atoms with Gasteiger partial charge in [0.15, 0.2) is 0 Å². The van der Waals surface area contributed by atoms with Gasteiger partial charge in [-0.05, 0) is 36.1 Å². The molecule has 0 aliphatic heterocycles. The van der Waals surface area contributed by atoms with Gasteiger partial charge in [-0.1, -0.05) is 26.8 Å². The zero-order chi connectivity index (χ0) is 15.6. The lowest BCUT2D eigenvalue weighted by Gasteiger charge is -2.24. The number of carboxylic acid groups (broad SMARTS) is 1. The number of hydrogen-bond donors (Lipinski definition) is 2. The van der Waals surface area contributed by atoms with Gasteiger partial charge in [0, 0.05) is 4.88 Å². The van der Waals surface area contributed by atoms with Crippen LogP contribution in [0.25, 0.3) is 0 Å². The number of amides is 1. The van der Waals surface area contributed by atoms with Gasteiger partial charge in [-0.2, -0.15) is 0 Å². The highest BCUT2D eigenvalue weighted by atomic mass is 32.1. The molecule has 4 unspecified atom stereocenters. The number of carboxylic acids is 1. The third-order valence-corrected chi connectivity index (χ3v) is 5.22. The molecule has 1 aromatic rings. The molecule has 1 heterocycles. The van der Waals surface area contributed by atoms with Gasteiger partial charge in [-0.15, -0.1) is 11.3 Å². The Balaban J connectivity index is 2.10. The molecule has 2 N–H and O–H groups in total. The first-order chi connectivity index (χ1) is 9.90. The van der Waals surface area contributed by atoms with E-state index in [2.05, 4.69) is 19.2 Å². The number of thiophene rings is 1. The van der Waals surface area contributed by atoms with E-state index in [0.29, 0.717) is 18.8 Å².